The second kappa shape index (κ2) is 5.39. The zero-order valence-electron chi connectivity index (χ0n) is 8.72. The van der Waals surface area contributed by atoms with Gasteiger partial charge in [0.15, 0.2) is 0 Å². The molecule has 0 saturated carbocycles. The van der Waals surface area contributed by atoms with Crippen molar-refractivity contribution in [2.45, 2.75) is 13.3 Å². The number of hydrogen-bond donors (Lipinski definition) is 0. The maximum atomic E-state index is 12.3. The van der Waals surface area contributed by atoms with Crippen molar-refractivity contribution in [3.8, 4) is 0 Å². The highest BCUT2D eigenvalue weighted by Crippen LogP contribution is 2.52. The molecule has 0 saturated heterocycles. The normalized spacial score (nSPS) is 23.9. The molecule has 0 fully saturated rings. The van der Waals surface area contributed by atoms with Gasteiger partial charge < -0.3 is 4.57 Å². The molecule has 1 aliphatic rings. The largest absolute Gasteiger partial charge is 0.314 e. The molecule has 15 heavy (non-hydrogen) atoms. The lowest BCUT2D eigenvalue weighted by Gasteiger charge is -2.08. The van der Waals surface area contributed by atoms with Crippen LogP contribution < -0.4 is 5.30 Å². The van der Waals surface area contributed by atoms with Gasteiger partial charge in [-0.3, -0.25) is 0 Å². The molecule has 2 nitrogen and oxygen atoms in total. The predicted molar refractivity (Wildman–Crippen MR) is 67.3 cm³/mol. The summed E-state index contributed by atoms with van der Waals surface area (Å²) in [4.78, 5) is 0. The van der Waals surface area contributed by atoms with Crippen molar-refractivity contribution in [1.82, 2.24) is 0 Å². The standard InChI is InChI=1S/C11H13OP.H2OP/c1-10-7-8-13(12,9-10)11-5-3-2-4-6-11;1-2/h2-6,9H,7-8H2,1H3;2H2/q;+1. The minimum atomic E-state index is -2.14. The summed E-state index contributed by atoms with van der Waals surface area (Å²) in [6, 6.07) is 9.81. The molecule has 0 aromatic heterocycles. The topological polar surface area (TPSA) is 34.1 Å². The van der Waals surface area contributed by atoms with Crippen molar-refractivity contribution in [3.63, 3.8) is 0 Å². The predicted octanol–water partition coefficient (Wildman–Crippen LogP) is 3.19. The minimum absolute atomic E-state index is 0.822. The summed E-state index contributed by atoms with van der Waals surface area (Å²) in [5, 5.41) is 1.01. The lowest BCUT2D eigenvalue weighted by Crippen LogP contribution is -2.01. The first-order valence-corrected chi connectivity index (χ1v) is 7.20. The molecule has 2 rings (SSSR count). The Bertz CT molecular complexity index is 398. The molecule has 0 amide bonds. The second-order valence-electron chi connectivity index (χ2n) is 3.58. The van der Waals surface area contributed by atoms with E-state index in [1.807, 2.05) is 36.1 Å². The van der Waals surface area contributed by atoms with Crippen LogP contribution in [0.25, 0.3) is 0 Å². The Kier molecular flexibility index (Phi) is 4.45. The minimum Gasteiger partial charge on any atom is -0.314 e. The molecule has 1 heterocycles. The van der Waals surface area contributed by atoms with E-state index in [0.29, 0.717) is 0 Å². The lowest BCUT2D eigenvalue weighted by molar-refractivity contribution is 0.587. The smallest absolute Gasteiger partial charge is 0.310 e. The highest BCUT2D eigenvalue weighted by molar-refractivity contribution is 7.74. The van der Waals surface area contributed by atoms with E-state index in [2.05, 4.69) is 6.92 Å². The van der Waals surface area contributed by atoms with E-state index in [1.54, 1.807) is 0 Å². The van der Waals surface area contributed by atoms with Crippen LogP contribution in [0, 0.1) is 0 Å². The van der Waals surface area contributed by atoms with Crippen LogP contribution in [0.5, 0.6) is 0 Å². The average Bonchev–Trinajstić information content (AvgIpc) is 2.64. The van der Waals surface area contributed by atoms with E-state index in [4.69, 9.17) is 4.57 Å². The fourth-order valence-corrected chi connectivity index (χ4v) is 4.45. The first-order chi connectivity index (χ1) is 7.21. The SMILES string of the molecule is CC1=CP(=O)(c2ccccc2)CC1.O=[PH2+]. The van der Waals surface area contributed by atoms with Crippen LogP contribution in [0.15, 0.2) is 41.7 Å². The molecule has 1 aromatic carbocycles. The fourth-order valence-electron chi connectivity index (χ4n) is 1.71. The van der Waals surface area contributed by atoms with Gasteiger partial charge in [-0.05, 0) is 19.2 Å². The molecule has 0 spiro atoms. The highest BCUT2D eigenvalue weighted by atomic mass is 31.2. The first kappa shape index (κ1) is 12.4. The van der Waals surface area contributed by atoms with E-state index in [1.165, 1.54) is 14.7 Å². The molecular formula is C11H15O2P2+. The maximum Gasteiger partial charge on any atom is 0.310 e. The van der Waals surface area contributed by atoms with Gasteiger partial charge in [-0.25, -0.2) is 0 Å². The first-order valence-electron chi connectivity index (χ1n) is 4.77. The Morgan fingerprint density at radius 3 is 2.27 bits per heavy atom. The molecule has 4 heteroatoms. The Morgan fingerprint density at radius 1 is 1.20 bits per heavy atom. The van der Waals surface area contributed by atoms with E-state index in [9.17, 15) is 4.57 Å². The molecule has 1 aliphatic heterocycles. The van der Waals surface area contributed by atoms with Crippen LogP contribution in [-0.4, -0.2) is 6.16 Å². The lowest BCUT2D eigenvalue weighted by atomic mass is 10.3. The third-order valence-corrected chi connectivity index (χ3v) is 5.38. The van der Waals surface area contributed by atoms with Crippen molar-refractivity contribution in [3.05, 3.63) is 41.7 Å². The third-order valence-electron chi connectivity index (χ3n) is 2.46. The Morgan fingerprint density at radius 2 is 1.80 bits per heavy atom. The molecule has 2 atom stereocenters. The summed E-state index contributed by atoms with van der Waals surface area (Å²) in [5.74, 6) is 1.97. The summed E-state index contributed by atoms with van der Waals surface area (Å²) in [6.45, 7) is 2.06. The molecule has 0 bridgehead atoms. The Labute approximate surface area is 92.4 Å². The van der Waals surface area contributed by atoms with Crippen molar-refractivity contribution in [1.29, 1.82) is 0 Å². The van der Waals surface area contributed by atoms with Crippen molar-refractivity contribution >= 4 is 21.6 Å². The van der Waals surface area contributed by atoms with E-state index >= 15 is 0 Å². The van der Waals surface area contributed by atoms with Gasteiger partial charge in [0.2, 0.25) is 0 Å². The molecular weight excluding hydrogens is 226 g/mol. The summed E-state index contributed by atoms with van der Waals surface area (Å²) < 4.78 is 20.5. The molecule has 80 valence electrons. The van der Waals surface area contributed by atoms with E-state index in [-0.39, 0.29) is 0 Å². The zero-order chi connectivity index (χ0) is 11.3. The number of hydrogen-bond acceptors (Lipinski definition) is 2. The van der Waals surface area contributed by atoms with Crippen LogP contribution in [0.1, 0.15) is 13.3 Å². The van der Waals surface area contributed by atoms with Crippen LogP contribution in [0.2, 0.25) is 0 Å². The van der Waals surface area contributed by atoms with Gasteiger partial charge in [0.1, 0.15) is 7.14 Å². The van der Waals surface area contributed by atoms with E-state index in [0.717, 1.165) is 17.9 Å². The molecule has 0 N–H and O–H groups in total. The van der Waals surface area contributed by atoms with Crippen LogP contribution in [0.3, 0.4) is 0 Å². The van der Waals surface area contributed by atoms with Gasteiger partial charge in [0.25, 0.3) is 0 Å². The summed E-state index contributed by atoms with van der Waals surface area (Å²) in [5.41, 5.74) is 1.27. The van der Waals surface area contributed by atoms with Crippen molar-refractivity contribution in [2.24, 2.45) is 0 Å². The van der Waals surface area contributed by atoms with Gasteiger partial charge in [-0.15, -0.1) is 0 Å². The van der Waals surface area contributed by atoms with Gasteiger partial charge in [-0.2, -0.15) is 0 Å². The van der Waals surface area contributed by atoms with Gasteiger partial charge in [0, 0.05) is 11.5 Å². The molecule has 0 aliphatic carbocycles. The number of allylic oxidation sites excluding steroid dienone is 1. The van der Waals surface area contributed by atoms with Gasteiger partial charge in [0.05, 0.1) is 0 Å². The van der Waals surface area contributed by atoms with Crippen LogP contribution >= 0.6 is 16.3 Å². The van der Waals surface area contributed by atoms with Crippen molar-refractivity contribution in [2.75, 3.05) is 6.16 Å². The third kappa shape index (κ3) is 2.87. The number of rotatable bonds is 1. The van der Waals surface area contributed by atoms with Gasteiger partial charge in [-0.1, -0.05) is 40.5 Å². The van der Waals surface area contributed by atoms with E-state index < -0.39 is 7.14 Å². The molecule has 1 aromatic rings. The van der Waals surface area contributed by atoms with Gasteiger partial charge >= 0.3 is 9.12 Å². The number of benzene rings is 1. The monoisotopic (exact) mass is 241 g/mol. The summed E-state index contributed by atoms with van der Waals surface area (Å²) in [6.07, 6.45) is 1.81. The van der Waals surface area contributed by atoms with Crippen molar-refractivity contribution < 1.29 is 9.13 Å². The second-order valence-corrected chi connectivity index (χ2v) is 6.39. The summed E-state index contributed by atoms with van der Waals surface area (Å²) >= 11 is 0. The molecule has 2 unspecified atom stereocenters. The Balaban J connectivity index is 0.000000531. The fraction of sp³-hybridized carbons (Fsp3) is 0.273. The highest BCUT2D eigenvalue weighted by Gasteiger charge is 2.26. The maximum absolute atomic E-state index is 12.3. The van der Waals surface area contributed by atoms with Crippen LogP contribution in [0.4, 0.5) is 0 Å². The zero-order valence-corrected chi connectivity index (χ0v) is 10.8. The Hall–Kier alpha value is -0.710. The summed E-state index contributed by atoms with van der Waals surface area (Å²) in [7, 11) is -0.974. The van der Waals surface area contributed by atoms with Crippen LogP contribution in [-0.2, 0) is 9.13 Å². The molecule has 0 radical (unpaired) electrons. The quantitative estimate of drug-likeness (QED) is 0.707. The average molecular weight is 241 g/mol.